The molecule has 0 aromatic rings. The number of ether oxygens (including phenoxy) is 1. The Morgan fingerprint density at radius 1 is 1.44 bits per heavy atom. The Morgan fingerprint density at radius 2 is 2.11 bits per heavy atom. The molecular formula is C10H21N3O4S. The summed E-state index contributed by atoms with van der Waals surface area (Å²) < 4.78 is 30.3. The Hall–Kier alpha value is -0.700. The summed E-state index contributed by atoms with van der Waals surface area (Å²) in [5, 5.41) is 5.57. The predicted molar refractivity (Wildman–Crippen MR) is 67.7 cm³/mol. The highest BCUT2D eigenvalue weighted by molar-refractivity contribution is 7.89. The van der Waals surface area contributed by atoms with Crippen LogP contribution in [0.25, 0.3) is 0 Å². The fourth-order valence-corrected chi connectivity index (χ4v) is 2.44. The third-order valence-electron chi connectivity index (χ3n) is 2.61. The number of amides is 1. The number of sulfonamides is 1. The molecule has 1 aliphatic heterocycles. The first-order valence-electron chi connectivity index (χ1n) is 5.96. The minimum atomic E-state index is -3.28. The quantitative estimate of drug-likeness (QED) is 0.498. The van der Waals surface area contributed by atoms with Crippen molar-refractivity contribution in [1.29, 1.82) is 0 Å². The van der Waals surface area contributed by atoms with Crippen LogP contribution in [-0.4, -0.2) is 58.5 Å². The van der Waals surface area contributed by atoms with E-state index < -0.39 is 10.0 Å². The normalized spacial score (nSPS) is 18.1. The number of rotatable bonds is 8. The molecule has 3 N–H and O–H groups in total. The van der Waals surface area contributed by atoms with Gasteiger partial charge in [-0.3, -0.25) is 4.79 Å². The van der Waals surface area contributed by atoms with Gasteiger partial charge >= 0.3 is 0 Å². The maximum absolute atomic E-state index is 11.4. The summed E-state index contributed by atoms with van der Waals surface area (Å²) in [6.07, 6.45) is 0. The molecule has 8 heteroatoms. The standard InChI is InChI=1S/C10H21N3O4S/c1-3-13-18(15,16)5-4-12-9(14)6-17-10(2)7-11-8-10/h11,13H,3-8H2,1-2H3,(H,12,14). The molecule has 0 spiro atoms. The lowest BCUT2D eigenvalue weighted by molar-refractivity contribution is -0.135. The molecule has 1 aliphatic rings. The molecule has 0 aliphatic carbocycles. The molecule has 0 bridgehead atoms. The van der Waals surface area contributed by atoms with Crippen molar-refractivity contribution in [3.63, 3.8) is 0 Å². The molecular weight excluding hydrogens is 258 g/mol. The minimum Gasteiger partial charge on any atom is -0.363 e. The first kappa shape index (κ1) is 15.4. The SMILES string of the molecule is CCNS(=O)(=O)CCNC(=O)COC1(C)CNC1. The maximum atomic E-state index is 11.4. The second kappa shape index (κ2) is 6.46. The zero-order valence-corrected chi connectivity index (χ0v) is 11.6. The van der Waals surface area contributed by atoms with Gasteiger partial charge in [-0.05, 0) is 6.92 Å². The van der Waals surface area contributed by atoms with Crippen LogP contribution in [0.2, 0.25) is 0 Å². The van der Waals surface area contributed by atoms with E-state index in [0.717, 1.165) is 13.1 Å². The predicted octanol–water partition coefficient (Wildman–Crippen LogP) is -1.58. The molecule has 1 saturated heterocycles. The van der Waals surface area contributed by atoms with Crippen molar-refractivity contribution in [2.24, 2.45) is 0 Å². The number of hydrogen-bond donors (Lipinski definition) is 3. The summed E-state index contributed by atoms with van der Waals surface area (Å²) in [5.41, 5.74) is -0.271. The van der Waals surface area contributed by atoms with Gasteiger partial charge in [-0.15, -0.1) is 0 Å². The van der Waals surface area contributed by atoms with E-state index in [2.05, 4.69) is 15.4 Å². The Bertz CT molecular complexity index is 379. The van der Waals surface area contributed by atoms with Crippen molar-refractivity contribution in [1.82, 2.24) is 15.4 Å². The molecule has 0 saturated carbocycles. The van der Waals surface area contributed by atoms with Crippen molar-refractivity contribution in [2.45, 2.75) is 19.4 Å². The zero-order chi connectivity index (χ0) is 13.6. The number of carbonyl (C=O) groups excluding carboxylic acids is 1. The molecule has 1 rings (SSSR count). The number of hydrogen-bond acceptors (Lipinski definition) is 5. The van der Waals surface area contributed by atoms with E-state index in [1.807, 2.05) is 6.92 Å². The van der Waals surface area contributed by atoms with Crippen molar-refractivity contribution in [3.05, 3.63) is 0 Å². The molecule has 0 atom stereocenters. The van der Waals surface area contributed by atoms with Crippen molar-refractivity contribution in [2.75, 3.05) is 38.5 Å². The van der Waals surface area contributed by atoms with Crippen molar-refractivity contribution in [3.8, 4) is 0 Å². The second-order valence-corrected chi connectivity index (χ2v) is 6.44. The lowest BCUT2D eigenvalue weighted by Crippen LogP contribution is -2.59. The average molecular weight is 279 g/mol. The van der Waals surface area contributed by atoms with Gasteiger partial charge in [0.25, 0.3) is 0 Å². The van der Waals surface area contributed by atoms with Gasteiger partial charge in [0.15, 0.2) is 0 Å². The molecule has 0 aromatic carbocycles. The summed E-state index contributed by atoms with van der Waals surface area (Å²) in [6, 6.07) is 0. The van der Waals surface area contributed by atoms with Gasteiger partial charge in [0, 0.05) is 26.2 Å². The average Bonchev–Trinajstić information content (AvgIpc) is 2.23. The summed E-state index contributed by atoms with van der Waals surface area (Å²) in [5.74, 6) is -0.416. The third-order valence-corrected chi connectivity index (χ3v) is 4.08. The highest BCUT2D eigenvalue weighted by Gasteiger charge is 2.32. The van der Waals surface area contributed by atoms with E-state index in [4.69, 9.17) is 4.74 Å². The van der Waals surface area contributed by atoms with Crippen LogP contribution >= 0.6 is 0 Å². The summed E-state index contributed by atoms with van der Waals surface area (Å²) >= 11 is 0. The summed E-state index contributed by atoms with van der Waals surface area (Å²) in [4.78, 5) is 11.4. The third kappa shape index (κ3) is 5.30. The molecule has 7 nitrogen and oxygen atoms in total. The maximum Gasteiger partial charge on any atom is 0.246 e. The van der Waals surface area contributed by atoms with Gasteiger partial charge < -0.3 is 15.4 Å². The van der Waals surface area contributed by atoms with Crippen molar-refractivity contribution < 1.29 is 17.9 Å². The number of nitrogens with one attached hydrogen (secondary N) is 3. The number of carbonyl (C=O) groups is 1. The molecule has 106 valence electrons. The Labute approximate surface area is 108 Å². The lowest BCUT2D eigenvalue weighted by Gasteiger charge is -2.38. The van der Waals surface area contributed by atoms with Crippen LogP contribution in [0.1, 0.15) is 13.8 Å². The van der Waals surface area contributed by atoms with Gasteiger partial charge in [-0.1, -0.05) is 6.92 Å². The molecule has 0 unspecified atom stereocenters. The van der Waals surface area contributed by atoms with E-state index in [1.54, 1.807) is 6.92 Å². The van der Waals surface area contributed by atoms with Gasteiger partial charge in [-0.25, -0.2) is 13.1 Å². The van der Waals surface area contributed by atoms with Crippen LogP contribution in [0.5, 0.6) is 0 Å². The van der Waals surface area contributed by atoms with E-state index in [1.165, 1.54) is 0 Å². The Kier molecular flexibility index (Phi) is 5.51. The van der Waals surface area contributed by atoms with Gasteiger partial charge in [0.05, 0.1) is 11.4 Å². The zero-order valence-electron chi connectivity index (χ0n) is 10.8. The van der Waals surface area contributed by atoms with E-state index >= 15 is 0 Å². The summed E-state index contributed by atoms with van der Waals surface area (Å²) in [7, 11) is -3.28. The van der Waals surface area contributed by atoms with Crippen LogP contribution in [0, 0.1) is 0 Å². The fraction of sp³-hybridized carbons (Fsp3) is 0.900. The lowest BCUT2D eigenvalue weighted by atomic mass is 10.0. The van der Waals surface area contributed by atoms with Crippen LogP contribution < -0.4 is 15.4 Å². The fourth-order valence-electron chi connectivity index (χ4n) is 1.49. The highest BCUT2D eigenvalue weighted by atomic mass is 32.2. The first-order chi connectivity index (χ1) is 8.37. The van der Waals surface area contributed by atoms with E-state index in [0.29, 0.717) is 6.54 Å². The van der Waals surface area contributed by atoms with Gasteiger partial charge in [0.2, 0.25) is 15.9 Å². The van der Waals surface area contributed by atoms with Gasteiger partial charge in [0.1, 0.15) is 6.61 Å². The minimum absolute atomic E-state index is 0.0422. The van der Waals surface area contributed by atoms with Gasteiger partial charge in [-0.2, -0.15) is 0 Å². The topological polar surface area (TPSA) is 96.5 Å². The molecule has 0 aromatic heterocycles. The molecule has 18 heavy (non-hydrogen) atoms. The second-order valence-electron chi connectivity index (χ2n) is 4.51. The molecule has 1 amide bonds. The molecule has 1 fully saturated rings. The van der Waals surface area contributed by atoms with Crippen LogP contribution in [0.4, 0.5) is 0 Å². The molecule has 0 radical (unpaired) electrons. The Balaban J connectivity index is 2.13. The summed E-state index contributed by atoms with van der Waals surface area (Å²) in [6.45, 7) is 5.49. The molecule has 1 heterocycles. The first-order valence-corrected chi connectivity index (χ1v) is 7.61. The monoisotopic (exact) mass is 279 g/mol. The van der Waals surface area contributed by atoms with Crippen LogP contribution in [-0.2, 0) is 19.6 Å². The van der Waals surface area contributed by atoms with Crippen molar-refractivity contribution >= 4 is 15.9 Å². The highest BCUT2D eigenvalue weighted by Crippen LogP contribution is 2.14. The smallest absolute Gasteiger partial charge is 0.246 e. The Morgan fingerprint density at radius 3 is 2.61 bits per heavy atom. The van der Waals surface area contributed by atoms with E-state index in [-0.39, 0.29) is 30.4 Å². The van der Waals surface area contributed by atoms with Crippen LogP contribution in [0.15, 0.2) is 0 Å². The van der Waals surface area contributed by atoms with Crippen LogP contribution in [0.3, 0.4) is 0 Å². The largest absolute Gasteiger partial charge is 0.363 e. The van der Waals surface area contributed by atoms with E-state index in [9.17, 15) is 13.2 Å².